The van der Waals surface area contributed by atoms with Crippen LogP contribution >= 0.6 is 31.9 Å². The van der Waals surface area contributed by atoms with E-state index in [1.54, 1.807) is 12.2 Å². The molecule has 0 amide bonds. The minimum atomic E-state index is -0.801. The highest BCUT2D eigenvalue weighted by atomic mass is 79.9. The minimum absolute atomic E-state index is 0.0483. The summed E-state index contributed by atoms with van der Waals surface area (Å²) in [7, 11) is 2.37. The topological polar surface area (TPSA) is 55.8 Å². The van der Waals surface area contributed by atoms with Gasteiger partial charge in [-0.05, 0) is 56.1 Å². The number of carbonyl (C=O) groups is 2. The van der Waals surface area contributed by atoms with Gasteiger partial charge < -0.3 is 14.4 Å². The molecule has 0 N–H and O–H groups in total. The molecule has 0 bridgehead atoms. The highest BCUT2D eigenvalue weighted by molar-refractivity contribution is 9.13. The molecule has 8 heteroatoms. The van der Waals surface area contributed by atoms with Gasteiger partial charge in [-0.2, -0.15) is 0 Å². The summed E-state index contributed by atoms with van der Waals surface area (Å²) >= 11 is 6.50. The molecule has 1 aromatic rings. The molecule has 1 aromatic carbocycles. The lowest BCUT2D eigenvalue weighted by molar-refractivity contribution is -0.139. The van der Waals surface area contributed by atoms with Crippen LogP contribution in [0.4, 0.5) is 10.1 Å². The van der Waals surface area contributed by atoms with Crippen LogP contribution in [-0.2, 0) is 19.1 Å². The van der Waals surface area contributed by atoms with Crippen molar-refractivity contribution < 1.29 is 23.5 Å². The fraction of sp³-hybridized carbons (Fsp3) is 0.125. The second-order valence-electron chi connectivity index (χ2n) is 4.53. The van der Waals surface area contributed by atoms with Crippen molar-refractivity contribution >= 4 is 49.5 Å². The number of rotatable bonds is 3. The number of carbonyl (C=O) groups excluding carboxylic acids is 2. The molecule has 1 heterocycles. The number of hydrogen-bond acceptors (Lipinski definition) is 5. The molecule has 24 heavy (non-hydrogen) atoms. The number of halogens is 3. The molecular weight excluding hydrogens is 449 g/mol. The van der Waals surface area contributed by atoms with Gasteiger partial charge in [-0.25, -0.2) is 14.0 Å². The molecule has 0 radical (unpaired) electrons. The van der Waals surface area contributed by atoms with Crippen LogP contribution in [0.25, 0.3) is 0 Å². The van der Waals surface area contributed by atoms with E-state index in [1.165, 1.54) is 43.5 Å². The zero-order chi connectivity index (χ0) is 17.9. The number of anilines is 1. The summed E-state index contributed by atoms with van der Waals surface area (Å²) in [6.07, 6.45) is 5.97. The molecule has 0 spiro atoms. The number of methoxy groups -OCH3 is 2. The van der Waals surface area contributed by atoms with E-state index in [2.05, 4.69) is 31.9 Å². The Morgan fingerprint density at radius 2 is 1.67 bits per heavy atom. The highest BCUT2D eigenvalue weighted by Gasteiger charge is 2.29. The Hall–Kier alpha value is -1.93. The molecule has 1 aliphatic heterocycles. The third kappa shape index (κ3) is 3.59. The van der Waals surface area contributed by atoms with Crippen molar-refractivity contribution in [1.29, 1.82) is 0 Å². The minimum Gasteiger partial charge on any atom is -0.465 e. The molecular formula is C16H12Br2FNO4. The molecule has 0 fully saturated rings. The standard InChI is InChI=1S/C16H12Br2FNO4/c1-23-15(21)9-5-3-4-6-20(14(9)16(22)24-2)13-8-11(18)10(17)7-12(13)19/h3-8H,1-2H3. The maximum Gasteiger partial charge on any atom is 0.355 e. The predicted octanol–water partition coefficient (Wildman–Crippen LogP) is 3.84. The van der Waals surface area contributed by atoms with Crippen LogP contribution in [0.5, 0.6) is 0 Å². The van der Waals surface area contributed by atoms with Gasteiger partial charge in [0.2, 0.25) is 0 Å². The van der Waals surface area contributed by atoms with E-state index < -0.39 is 17.8 Å². The van der Waals surface area contributed by atoms with Gasteiger partial charge in [-0.1, -0.05) is 6.08 Å². The zero-order valence-electron chi connectivity index (χ0n) is 12.7. The lowest BCUT2D eigenvalue weighted by Crippen LogP contribution is -2.27. The molecule has 5 nitrogen and oxygen atoms in total. The van der Waals surface area contributed by atoms with Gasteiger partial charge in [-0.15, -0.1) is 0 Å². The lowest BCUT2D eigenvalue weighted by atomic mass is 10.1. The maximum atomic E-state index is 14.5. The molecule has 0 saturated carbocycles. The molecule has 0 aliphatic carbocycles. The monoisotopic (exact) mass is 459 g/mol. The SMILES string of the molecule is COC(=O)C1=C(C(=O)OC)N(c2cc(Br)c(Br)cc2F)C=CC=C1. The summed E-state index contributed by atoms with van der Waals surface area (Å²) in [5.41, 5.74) is -0.137. The van der Waals surface area contributed by atoms with E-state index in [-0.39, 0.29) is 17.0 Å². The summed E-state index contributed by atoms with van der Waals surface area (Å²) in [5.74, 6) is -2.13. The first-order valence-electron chi connectivity index (χ1n) is 6.60. The first kappa shape index (κ1) is 18.4. The second-order valence-corrected chi connectivity index (χ2v) is 6.24. The van der Waals surface area contributed by atoms with Crippen molar-refractivity contribution in [2.75, 3.05) is 19.1 Å². The quantitative estimate of drug-likeness (QED) is 0.506. The Morgan fingerprint density at radius 3 is 2.29 bits per heavy atom. The van der Waals surface area contributed by atoms with Crippen molar-refractivity contribution in [3.8, 4) is 0 Å². The predicted molar refractivity (Wildman–Crippen MR) is 93.6 cm³/mol. The number of benzene rings is 1. The number of allylic oxidation sites excluding steroid dienone is 2. The average Bonchev–Trinajstić information content (AvgIpc) is 2.79. The Bertz CT molecular complexity index is 787. The average molecular weight is 461 g/mol. The summed E-state index contributed by atoms with van der Waals surface area (Å²) in [4.78, 5) is 25.5. The second kappa shape index (κ2) is 7.76. The van der Waals surface area contributed by atoms with Crippen LogP contribution in [0.3, 0.4) is 0 Å². The maximum absolute atomic E-state index is 14.5. The number of nitrogens with zero attached hydrogens (tertiary/aromatic N) is 1. The van der Waals surface area contributed by atoms with Crippen molar-refractivity contribution in [2.24, 2.45) is 0 Å². The van der Waals surface area contributed by atoms with Crippen LogP contribution in [0.1, 0.15) is 0 Å². The van der Waals surface area contributed by atoms with Gasteiger partial charge in [0.25, 0.3) is 0 Å². The largest absolute Gasteiger partial charge is 0.465 e. The van der Waals surface area contributed by atoms with Gasteiger partial charge in [0.1, 0.15) is 11.5 Å². The number of ether oxygens (including phenoxy) is 2. The van der Waals surface area contributed by atoms with Gasteiger partial charge in [0, 0.05) is 15.1 Å². The van der Waals surface area contributed by atoms with Gasteiger partial charge in [0.15, 0.2) is 0 Å². The van der Waals surface area contributed by atoms with Crippen molar-refractivity contribution in [3.63, 3.8) is 0 Å². The molecule has 0 aromatic heterocycles. The summed E-state index contributed by atoms with van der Waals surface area (Å²) in [5, 5.41) is 0. The van der Waals surface area contributed by atoms with E-state index >= 15 is 0 Å². The lowest BCUT2D eigenvalue weighted by Gasteiger charge is -2.24. The Balaban J connectivity index is 2.72. The molecule has 0 saturated heterocycles. The fourth-order valence-corrected chi connectivity index (χ4v) is 2.69. The van der Waals surface area contributed by atoms with Crippen molar-refractivity contribution in [3.05, 3.63) is 62.6 Å². The molecule has 0 atom stereocenters. The van der Waals surface area contributed by atoms with E-state index in [0.717, 1.165) is 0 Å². The van der Waals surface area contributed by atoms with Gasteiger partial charge in [-0.3, -0.25) is 0 Å². The van der Waals surface area contributed by atoms with Crippen LogP contribution < -0.4 is 4.90 Å². The van der Waals surface area contributed by atoms with Crippen LogP contribution in [0.2, 0.25) is 0 Å². The highest BCUT2D eigenvalue weighted by Crippen LogP contribution is 2.34. The van der Waals surface area contributed by atoms with Gasteiger partial charge in [0.05, 0.1) is 25.5 Å². The Labute approximate surface area is 154 Å². The summed E-state index contributed by atoms with van der Waals surface area (Å²) < 4.78 is 25.0. The third-order valence-corrected chi connectivity index (χ3v) is 4.98. The Morgan fingerprint density at radius 1 is 1.04 bits per heavy atom. The number of hydrogen-bond donors (Lipinski definition) is 0. The third-order valence-electron chi connectivity index (χ3n) is 3.14. The van der Waals surface area contributed by atoms with Crippen molar-refractivity contribution in [2.45, 2.75) is 0 Å². The van der Waals surface area contributed by atoms with E-state index in [4.69, 9.17) is 9.47 Å². The fourth-order valence-electron chi connectivity index (χ4n) is 2.05. The van der Waals surface area contributed by atoms with Crippen LogP contribution in [0.15, 0.2) is 56.8 Å². The normalized spacial score (nSPS) is 13.8. The van der Waals surface area contributed by atoms with E-state index in [1.807, 2.05) is 0 Å². The molecule has 126 valence electrons. The van der Waals surface area contributed by atoms with Crippen LogP contribution in [-0.4, -0.2) is 26.2 Å². The van der Waals surface area contributed by atoms with Gasteiger partial charge >= 0.3 is 11.9 Å². The zero-order valence-corrected chi connectivity index (χ0v) is 15.9. The van der Waals surface area contributed by atoms with Crippen LogP contribution in [0, 0.1) is 5.82 Å². The first-order valence-corrected chi connectivity index (χ1v) is 8.18. The van der Waals surface area contributed by atoms with Crippen molar-refractivity contribution in [1.82, 2.24) is 0 Å². The molecule has 1 aliphatic rings. The summed E-state index contributed by atoms with van der Waals surface area (Å²) in [6, 6.07) is 2.73. The Kier molecular flexibility index (Phi) is 5.95. The molecule has 2 rings (SSSR count). The smallest absolute Gasteiger partial charge is 0.355 e. The van der Waals surface area contributed by atoms with E-state index in [0.29, 0.717) is 8.95 Å². The first-order chi connectivity index (χ1) is 11.4. The molecule has 0 unspecified atom stereocenters. The number of esters is 2. The van der Waals surface area contributed by atoms with E-state index in [9.17, 15) is 14.0 Å². The summed E-state index contributed by atoms with van der Waals surface area (Å²) in [6.45, 7) is 0.